The van der Waals surface area contributed by atoms with Gasteiger partial charge in [-0.05, 0) is 17.7 Å². The van der Waals surface area contributed by atoms with Crippen LogP contribution in [0.3, 0.4) is 0 Å². The van der Waals surface area contributed by atoms with Gasteiger partial charge in [0.05, 0.1) is 6.42 Å². The molecule has 0 aliphatic carbocycles. The molecule has 0 aromatic heterocycles. The molecule has 0 aliphatic rings. The van der Waals surface area contributed by atoms with E-state index in [1.54, 1.807) is 0 Å². The monoisotopic (exact) mass is 252 g/mol. The molecule has 1 rings (SSSR count). The van der Waals surface area contributed by atoms with Gasteiger partial charge in [0.15, 0.2) is 11.6 Å². The molecular formula is C10H8F4O3. The summed E-state index contributed by atoms with van der Waals surface area (Å²) in [5.74, 6) is -2.95. The van der Waals surface area contributed by atoms with Crippen molar-refractivity contribution in [3.63, 3.8) is 0 Å². The molecule has 94 valence electrons. The minimum atomic E-state index is -3.38. The van der Waals surface area contributed by atoms with E-state index in [1.807, 2.05) is 0 Å². The summed E-state index contributed by atoms with van der Waals surface area (Å²) in [5, 5.41) is 8.43. The van der Waals surface area contributed by atoms with Gasteiger partial charge in [-0.15, -0.1) is 0 Å². The Bertz CT molecular complexity index is 409. The predicted octanol–water partition coefficient (Wildman–Crippen LogP) is 2.39. The van der Waals surface area contributed by atoms with E-state index in [0.29, 0.717) is 0 Å². The molecule has 1 unspecified atom stereocenters. The third-order valence-electron chi connectivity index (χ3n) is 1.79. The van der Waals surface area contributed by atoms with Crippen molar-refractivity contribution in [1.29, 1.82) is 0 Å². The molecule has 1 atom stereocenters. The Kier molecular flexibility index (Phi) is 4.30. The summed E-state index contributed by atoms with van der Waals surface area (Å²) in [4.78, 5) is 10.3. The van der Waals surface area contributed by atoms with Gasteiger partial charge in [0.25, 0.3) is 6.36 Å². The molecule has 1 N–H and O–H groups in total. The first kappa shape index (κ1) is 13.3. The van der Waals surface area contributed by atoms with Crippen LogP contribution >= 0.6 is 0 Å². The number of alkyl halides is 3. The van der Waals surface area contributed by atoms with Crippen LogP contribution in [-0.4, -0.2) is 23.9 Å². The Balaban J connectivity index is 2.79. The van der Waals surface area contributed by atoms with Crippen LogP contribution in [0.5, 0.6) is 5.75 Å². The zero-order chi connectivity index (χ0) is 13.0. The first-order chi connectivity index (χ1) is 7.90. The summed E-state index contributed by atoms with van der Waals surface area (Å²) in [6.45, 7) is 0. The molecule has 0 bridgehead atoms. The molecule has 0 fully saturated rings. The van der Waals surface area contributed by atoms with Crippen molar-refractivity contribution in [1.82, 2.24) is 0 Å². The van der Waals surface area contributed by atoms with Crippen LogP contribution in [0.15, 0.2) is 18.2 Å². The van der Waals surface area contributed by atoms with Gasteiger partial charge in [-0.25, -0.2) is 13.2 Å². The van der Waals surface area contributed by atoms with Crippen molar-refractivity contribution in [2.24, 2.45) is 0 Å². The van der Waals surface area contributed by atoms with Gasteiger partial charge in [0.2, 0.25) is 0 Å². The fourth-order valence-electron chi connectivity index (χ4n) is 1.10. The first-order valence-electron chi connectivity index (χ1n) is 4.49. The molecule has 0 saturated heterocycles. The fourth-order valence-corrected chi connectivity index (χ4v) is 1.10. The lowest BCUT2D eigenvalue weighted by Gasteiger charge is -2.11. The van der Waals surface area contributed by atoms with Gasteiger partial charge in [-0.3, -0.25) is 4.79 Å². The van der Waals surface area contributed by atoms with E-state index < -0.39 is 36.7 Å². The second-order valence-corrected chi connectivity index (χ2v) is 3.14. The predicted molar refractivity (Wildman–Crippen MR) is 49.3 cm³/mol. The van der Waals surface area contributed by atoms with E-state index >= 15 is 0 Å². The standard InChI is InChI=1S/C10H8F4O3/c11-6-3-5(4-8(15)16)1-2-7(6)17-10(14)9(12)13/h1-3,9-10H,4H2,(H,15,16). The molecule has 7 heteroatoms. The second-order valence-electron chi connectivity index (χ2n) is 3.14. The number of carboxylic acids is 1. The lowest BCUT2D eigenvalue weighted by molar-refractivity contribution is -0.136. The minimum absolute atomic E-state index is 0.120. The Morgan fingerprint density at radius 2 is 2.00 bits per heavy atom. The van der Waals surface area contributed by atoms with Gasteiger partial charge in [0.1, 0.15) is 0 Å². The quantitative estimate of drug-likeness (QED) is 0.818. The van der Waals surface area contributed by atoms with E-state index in [2.05, 4.69) is 4.74 Å². The number of halogens is 4. The van der Waals surface area contributed by atoms with Gasteiger partial charge < -0.3 is 9.84 Å². The molecule has 0 saturated carbocycles. The third-order valence-corrected chi connectivity index (χ3v) is 1.79. The molecule has 17 heavy (non-hydrogen) atoms. The number of rotatable bonds is 5. The van der Waals surface area contributed by atoms with Gasteiger partial charge >= 0.3 is 12.4 Å². The average Bonchev–Trinajstić information content (AvgIpc) is 2.20. The lowest BCUT2D eigenvalue weighted by atomic mass is 10.1. The Morgan fingerprint density at radius 1 is 1.35 bits per heavy atom. The summed E-state index contributed by atoms with van der Waals surface area (Å²) in [5.41, 5.74) is 0.120. The highest BCUT2D eigenvalue weighted by molar-refractivity contribution is 5.70. The summed E-state index contributed by atoms with van der Waals surface area (Å²) in [6, 6.07) is 2.86. The van der Waals surface area contributed by atoms with Crippen LogP contribution in [0.2, 0.25) is 0 Å². The van der Waals surface area contributed by atoms with Crippen LogP contribution in [0.4, 0.5) is 17.6 Å². The molecule has 0 aliphatic heterocycles. The highest BCUT2D eigenvalue weighted by Gasteiger charge is 2.22. The number of ether oxygens (including phenoxy) is 1. The SMILES string of the molecule is O=C(O)Cc1ccc(OC(F)C(F)F)c(F)c1. The van der Waals surface area contributed by atoms with E-state index in [0.717, 1.165) is 18.2 Å². The smallest absolute Gasteiger partial charge is 0.307 e. The topological polar surface area (TPSA) is 46.5 Å². The Labute approximate surface area is 93.6 Å². The maximum Gasteiger partial charge on any atom is 0.307 e. The molecule has 0 amide bonds. The van der Waals surface area contributed by atoms with Crippen molar-refractivity contribution in [3.8, 4) is 5.75 Å². The lowest BCUT2D eigenvalue weighted by Crippen LogP contribution is -2.20. The molecule has 0 heterocycles. The molecule has 3 nitrogen and oxygen atoms in total. The van der Waals surface area contributed by atoms with Crippen molar-refractivity contribution < 1.29 is 32.2 Å². The van der Waals surface area contributed by atoms with E-state index in [1.165, 1.54) is 0 Å². The first-order valence-corrected chi connectivity index (χ1v) is 4.49. The maximum atomic E-state index is 13.2. The number of benzene rings is 1. The number of carbonyl (C=O) groups is 1. The van der Waals surface area contributed by atoms with Gasteiger partial charge in [-0.1, -0.05) is 6.07 Å². The van der Waals surface area contributed by atoms with Crippen LogP contribution in [0.1, 0.15) is 5.56 Å². The maximum absolute atomic E-state index is 13.2. The molecule has 1 aromatic rings. The molecule has 0 spiro atoms. The normalized spacial score (nSPS) is 12.5. The highest BCUT2D eigenvalue weighted by Crippen LogP contribution is 2.22. The third kappa shape index (κ3) is 3.93. The number of hydrogen-bond acceptors (Lipinski definition) is 2. The van der Waals surface area contributed by atoms with Gasteiger partial charge in [0, 0.05) is 0 Å². The summed E-state index contributed by atoms with van der Waals surface area (Å²) < 4.78 is 53.3. The molecular weight excluding hydrogens is 244 g/mol. The average molecular weight is 252 g/mol. The van der Waals surface area contributed by atoms with Crippen molar-refractivity contribution >= 4 is 5.97 Å². The minimum Gasteiger partial charge on any atom is -0.481 e. The summed E-state index contributed by atoms with van der Waals surface area (Å²) in [7, 11) is 0. The number of carboxylic acid groups (broad SMARTS) is 1. The van der Waals surface area contributed by atoms with Crippen molar-refractivity contribution in [3.05, 3.63) is 29.6 Å². The van der Waals surface area contributed by atoms with Crippen LogP contribution < -0.4 is 4.74 Å². The van der Waals surface area contributed by atoms with Crippen molar-refractivity contribution in [2.75, 3.05) is 0 Å². The Morgan fingerprint density at radius 3 is 2.47 bits per heavy atom. The van der Waals surface area contributed by atoms with E-state index in [9.17, 15) is 22.4 Å². The summed E-state index contributed by atoms with van der Waals surface area (Å²) in [6.07, 6.45) is -6.73. The zero-order valence-corrected chi connectivity index (χ0v) is 8.37. The molecule has 1 aromatic carbocycles. The van der Waals surface area contributed by atoms with Crippen LogP contribution in [-0.2, 0) is 11.2 Å². The largest absolute Gasteiger partial charge is 0.481 e. The highest BCUT2D eigenvalue weighted by atomic mass is 19.3. The van der Waals surface area contributed by atoms with Gasteiger partial charge in [-0.2, -0.15) is 4.39 Å². The van der Waals surface area contributed by atoms with Crippen LogP contribution in [0.25, 0.3) is 0 Å². The summed E-state index contributed by atoms with van der Waals surface area (Å²) >= 11 is 0. The van der Waals surface area contributed by atoms with E-state index in [-0.39, 0.29) is 5.56 Å². The van der Waals surface area contributed by atoms with Crippen LogP contribution in [0, 0.1) is 5.82 Å². The second kappa shape index (κ2) is 5.51. The van der Waals surface area contributed by atoms with Crippen molar-refractivity contribution in [2.45, 2.75) is 19.2 Å². The molecule has 0 radical (unpaired) electrons. The Hall–Kier alpha value is -1.79. The number of hydrogen-bond donors (Lipinski definition) is 1. The van der Waals surface area contributed by atoms with E-state index in [4.69, 9.17) is 5.11 Å². The zero-order valence-electron chi connectivity index (χ0n) is 8.37. The fraction of sp³-hybridized carbons (Fsp3) is 0.300. The number of aliphatic carboxylic acids is 1.